The molecule has 2 heterocycles. The van der Waals surface area contributed by atoms with Crippen LogP contribution in [0.25, 0.3) is 22.2 Å². The molecule has 0 aliphatic carbocycles. The Labute approximate surface area is 149 Å². The average molecular weight is 377 g/mol. The molecule has 0 aliphatic rings. The highest BCUT2D eigenvalue weighted by Gasteiger charge is 2.18. The summed E-state index contributed by atoms with van der Waals surface area (Å²) in [7, 11) is -1.93. The van der Waals surface area contributed by atoms with Crippen molar-refractivity contribution < 1.29 is 8.42 Å². The highest BCUT2D eigenvalue weighted by molar-refractivity contribution is 7.91. The molecule has 3 aromatic rings. The number of aryl methyl sites for hydroxylation is 1. The molecule has 1 aromatic carbocycles. The predicted molar refractivity (Wildman–Crippen MR) is 99.3 cm³/mol. The lowest BCUT2D eigenvalue weighted by molar-refractivity contribution is 0.600. The number of fused-ring (bicyclic) bond motifs is 1. The normalized spacial score (nSPS) is 12.0. The lowest BCUT2D eigenvalue weighted by Crippen LogP contribution is -2.38. The highest BCUT2D eigenvalue weighted by atomic mass is 32.2. The van der Waals surface area contributed by atoms with Crippen LogP contribution in [-0.2, 0) is 17.1 Å². The molecule has 0 radical (unpaired) electrons. The molecule has 2 N–H and O–H groups in total. The Morgan fingerprint density at radius 1 is 1.23 bits per heavy atom. The van der Waals surface area contributed by atoms with Gasteiger partial charge in [0.25, 0.3) is 5.56 Å². The molecule has 0 bridgehead atoms. The largest absolute Gasteiger partial charge is 0.348 e. The summed E-state index contributed by atoms with van der Waals surface area (Å²) >= 11 is 0. The summed E-state index contributed by atoms with van der Waals surface area (Å²) in [5, 5.41) is 4.36. The van der Waals surface area contributed by atoms with E-state index >= 15 is 0 Å². The van der Waals surface area contributed by atoms with Crippen molar-refractivity contribution >= 4 is 20.9 Å². The van der Waals surface area contributed by atoms with E-state index in [9.17, 15) is 18.0 Å². The summed E-state index contributed by atoms with van der Waals surface area (Å²) in [5.74, 6) is 0.0605. The van der Waals surface area contributed by atoms with Crippen molar-refractivity contribution in [2.24, 2.45) is 7.05 Å². The van der Waals surface area contributed by atoms with Crippen molar-refractivity contribution in [1.29, 1.82) is 0 Å². The molecule has 0 spiro atoms. The van der Waals surface area contributed by atoms with E-state index in [1.807, 2.05) is 19.9 Å². The van der Waals surface area contributed by atoms with E-state index in [-0.39, 0.29) is 16.8 Å². The van der Waals surface area contributed by atoms with Crippen LogP contribution in [0.15, 0.2) is 34.0 Å². The van der Waals surface area contributed by atoms with Crippen molar-refractivity contribution in [3.05, 3.63) is 50.8 Å². The molecule has 0 fully saturated rings. The maximum Gasteiger partial charge on any atom is 0.348 e. The molecule has 0 aliphatic heterocycles. The number of benzene rings is 1. The minimum Gasteiger partial charge on any atom is -0.272 e. The number of sulfonamides is 1. The summed E-state index contributed by atoms with van der Waals surface area (Å²) < 4.78 is 25.8. The quantitative estimate of drug-likeness (QED) is 0.694. The SMILES string of the molecule is CC(C)c1cc2c(cc1-c1ccnn1C)c(=O)[nH]c(=O)n2NS(C)(=O)=O. The Morgan fingerprint density at radius 3 is 2.46 bits per heavy atom. The molecule has 0 unspecified atom stereocenters. The number of hydrogen-bond donors (Lipinski definition) is 2. The number of rotatable bonds is 4. The zero-order chi connectivity index (χ0) is 19.2. The molecule has 0 amide bonds. The Kier molecular flexibility index (Phi) is 4.23. The monoisotopic (exact) mass is 377 g/mol. The summed E-state index contributed by atoms with van der Waals surface area (Å²) in [6.07, 6.45) is 2.59. The molecule has 2 aromatic heterocycles. The fraction of sp³-hybridized carbons (Fsp3) is 0.312. The third-order valence-electron chi connectivity index (χ3n) is 4.05. The van der Waals surface area contributed by atoms with Crippen LogP contribution in [0.2, 0.25) is 0 Å². The van der Waals surface area contributed by atoms with Crippen molar-refractivity contribution in [3.8, 4) is 11.3 Å². The topological polar surface area (TPSA) is 119 Å². The number of aromatic amines is 1. The van der Waals surface area contributed by atoms with Gasteiger partial charge in [-0.15, -0.1) is 0 Å². The van der Waals surface area contributed by atoms with Gasteiger partial charge in [0, 0.05) is 18.8 Å². The van der Waals surface area contributed by atoms with Gasteiger partial charge in [0.15, 0.2) is 0 Å². The first-order valence-electron chi connectivity index (χ1n) is 7.87. The molecule has 9 nitrogen and oxygen atoms in total. The van der Waals surface area contributed by atoms with Crippen LogP contribution in [0.3, 0.4) is 0 Å². The smallest absolute Gasteiger partial charge is 0.272 e. The van der Waals surface area contributed by atoms with Crippen LogP contribution in [0, 0.1) is 0 Å². The Bertz CT molecular complexity index is 1220. The fourth-order valence-corrected chi connectivity index (χ4v) is 3.41. The Hall–Kier alpha value is -2.88. The zero-order valence-corrected chi connectivity index (χ0v) is 15.6. The first-order valence-corrected chi connectivity index (χ1v) is 9.77. The van der Waals surface area contributed by atoms with Gasteiger partial charge in [-0.2, -0.15) is 9.77 Å². The van der Waals surface area contributed by atoms with E-state index in [1.165, 1.54) is 0 Å². The molecule has 0 saturated heterocycles. The van der Waals surface area contributed by atoms with E-state index in [4.69, 9.17) is 0 Å². The van der Waals surface area contributed by atoms with Gasteiger partial charge in [-0.3, -0.25) is 14.5 Å². The first kappa shape index (κ1) is 17.9. The van der Waals surface area contributed by atoms with Gasteiger partial charge in [-0.1, -0.05) is 13.8 Å². The Morgan fingerprint density at radius 2 is 1.92 bits per heavy atom. The zero-order valence-electron chi connectivity index (χ0n) is 14.8. The maximum absolute atomic E-state index is 12.3. The minimum atomic E-state index is -3.72. The number of nitrogens with zero attached hydrogens (tertiary/aromatic N) is 3. The number of nitrogens with one attached hydrogen (secondary N) is 2. The van der Waals surface area contributed by atoms with Crippen molar-refractivity contribution in [2.45, 2.75) is 19.8 Å². The van der Waals surface area contributed by atoms with E-state index in [0.29, 0.717) is 0 Å². The first-order chi connectivity index (χ1) is 12.1. The van der Waals surface area contributed by atoms with Crippen LogP contribution >= 0.6 is 0 Å². The van der Waals surface area contributed by atoms with Crippen LogP contribution in [0.4, 0.5) is 0 Å². The average Bonchev–Trinajstić information content (AvgIpc) is 2.95. The van der Waals surface area contributed by atoms with Crippen molar-refractivity contribution in [1.82, 2.24) is 19.4 Å². The van der Waals surface area contributed by atoms with Crippen LogP contribution in [-0.4, -0.2) is 34.1 Å². The number of aromatic nitrogens is 4. The van der Waals surface area contributed by atoms with Crippen molar-refractivity contribution in [2.75, 3.05) is 11.1 Å². The van der Waals surface area contributed by atoms with Crippen molar-refractivity contribution in [3.63, 3.8) is 0 Å². The van der Waals surface area contributed by atoms with E-state index < -0.39 is 21.3 Å². The second-order valence-corrected chi connectivity index (χ2v) is 8.14. The molecule has 0 saturated carbocycles. The van der Waals surface area contributed by atoms with Crippen LogP contribution in [0.1, 0.15) is 25.3 Å². The molecule has 10 heteroatoms. The second kappa shape index (κ2) is 6.13. The molecule has 0 atom stereocenters. The van der Waals surface area contributed by atoms with Gasteiger partial charge in [0.05, 0.1) is 22.9 Å². The molecule has 3 rings (SSSR count). The van der Waals surface area contributed by atoms with E-state index in [2.05, 4.69) is 14.9 Å². The molecule has 138 valence electrons. The third-order valence-corrected chi connectivity index (χ3v) is 4.57. The summed E-state index contributed by atoms with van der Waals surface area (Å²) in [6.45, 7) is 3.95. The minimum absolute atomic E-state index is 0.0605. The number of H-pyrrole nitrogens is 1. The van der Waals surface area contributed by atoms with E-state index in [1.54, 1.807) is 30.1 Å². The summed E-state index contributed by atoms with van der Waals surface area (Å²) in [6, 6.07) is 5.14. The van der Waals surface area contributed by atoms with Crippen LogP contribution in [0.5, 0.6) is 0 Å². The highest BCUT2D eigenvalue weighted by Crippen LogP contribution is 2.31. The van der Waals surface area contributed by atoms with Gasteiger partial charge in [-0.05, 0) is 29.7 Å². The van der Waals surface area contributed by atoms with Gasteiger partial charge in [-0.25, -0.2) is 18.0 Å². The van der Waals surface area contributed by atoms with Gasteiger partial charge < -0.3 is 0 Å². The Balaban J connectivity index is 2.45. The molecular weight excluding hydrogens is 358 g/mol. The second-order valence-electron chi connectivity index (χ2n) is 6.41. The third kappa shape index (κ3) is 3.15. The fourth-order valence-electron chi connectivity index (χ4n) is 2.90. The lowest BCUT2D eigenvalue weighted by atomic mass is 9.93. The van der Waals surface area contributed by atoms with Gasteiger partial charge >= 0.3 is 5.69 Å². The van der Waals surface area contributed by atoms with Gasteiger partial charge in [0.1, 0.15) is 0 Å². The standard InChI is InChI=1S/C16H19N5O4S/c1-9(2)10-8-14-12(7-11(10)13-5-6-17-20(13)3)15(22)18-16(23)21(14)19-26(4,24)25/h5-9,19H,1-4H3,(H,18,22,23). The van der Waals surface area contributed by atoms with E-state index in [0.717, 1.165) is 27.8 Å². The van der Waals surface area contributed by atoms with Gasteiger partial charge in [0.2, 0.25) is 10.0 Å². The maximum atomic E-state index is 12.3. The lowest BCUT2D eigenvalue weighted by Gasteiger charge is -2.17. The summed E-state index contributed by atoms with van der Waals surface area (Å²) in [4.78, 5) is 28.8. The predicted octanol–water partition coefficient (Wildman–Crippen LogP) is 0.717. The number of hydrogen-bond acceptors (Lipinski definition) is 5. The van der Waals surface area contributed by atoms with Crippen LogP contribution < -0.4 is 16.1 Å². The molecule has 26 heavy (non-hydrogen) atoms. The molecular formula is C16H19N5O4S. The summed E-state index contributed by atoms with van der Waals surface area (Å²) in [5.41, 5.74) is 1.21.